The van der Waals surface area contributed by atoms with E-state index in [2.05, 4.69) is 24.1 Å². The number of fused-ring (bicyclic) bond motifs is 1. The third-order valence-electron chi connectivity index (χ3n) is 3.38. The molecule has 0 fully saturated rings. The summed E-state index contributed by atoms with van der Waals surface area (Å²) in [6.45, 7) is 5.06. The van der Waals surface area contributed by atoms with Gasteiger partial charge in [-0.3, -0.25) is 4.79 Å². The van der Waals surface area contributed by atoms with E-state index in [9.17, 15) is 4.79 Å². The maximum Gasteiger partial charge on any atom is 0.280 e. The molecule has 0 aliphatic heterocycles. The van der Waals surface area contributed by atoms with Crippen LogP contribution in [0.25, 0.3) is 10.2 Å². The molecule has 1 aromatic carbocycles. The number of amides is 1. The number of thiazole rings is 1. The number of hydrogen-bond acceptors (Lipinski definition) is 4. The number of carbonyl (C=O) groups excluding carboxylic acids is 1. The van der Waals surface area contributed by atoms with Gasteiger partial charge in [-0.2, -0.15) is 0 Å². The van der Waals surface area contributed by atoms with Crippen molar-refractivity contribution in [1.29, 1.82) is 0 Å². The zero-order valence-corrected chi connectivity index (χ0v) is 13.3. The van der Waals surface area contributed by atoms with Crippen molar-refractivity contribution >= 4 is 27.5 Å². The average molecular weight is 306 g/mol. The Balaban J connectivity index is 1.96. The summed E-state index contributed by atoms with van der Waals surface area (Å²) in [4.78, 5) is 16.5. The van der Waals surface area contributed by atoms with Gasteiger partial charge in [0, 0.05) is 13.2 Å². The molecule has 2 N–H and O–H groups in total. The minimum atomic E-state index is -0.122. The zero-order chi connectivity index (χ0) is 15.2. The zero-order valence-electron chi connectivity index (χ0n) is 12.5. The van der Waals surface area contributed by atoms with Gasteiger partial charge in [-0.05, 0) is 36.8 Å². The fourth-order valence-electron chi connectivity index (χ4n) is 2.43. The molecule has 1 aromatic heterocycles. The first-order valence-corrected chi connectivity index (χ1v) is 8.16. The van der Waals surface area contributed by atoms with Crippen LogP contribution in [-0.4, -0.2) is 29.1 Å². The highest BCUT2D eigenvalue weighted by molar-refractivity contribution is 7.20. The topological polar surface area (TPSA) is 62.2 Å². The molecule has 0 saturated heterocycles. The number of carbonyl (C=O) groups is 1. The lowest BCUT2D eigenvalue weighted by molar-refractivity contribution is 0.0941. The van der Waals surface area contributed by atoms with Crippen LogP contribution in [0.4, 0.5) is 0 Å². The van der Waals surface area contributed by atoms with Crippen LogP contribution in [0.15, 0.2) is 24.3 Å². The van der Waals surface area contributed by atoms with E-state index in [1.165, 1.54) is 11.3 Å². The molecule has 114 valence electrons. The molecule has 0 aliphatic carbocycles. The summed E-state index contributed by atoms with van der Waals surface area (Å²) in [5.41, 5.74) is 0.863. The van der Waals surface area contributed by atoms with Gasteiger partial charge in [0.1, 0.15) is 0 Å². The molecule has 1 unspecified atom stereocenters. The summed E-state index contributed by atoms with van der Waals surface area (Å²) in [6.07, 6.45) is 1.72. The maximum atomic E-state index is 12.2. The second-order valence-corrected chi connectivity index (χ2v) is 6.74. The molecular formula is C16H22N2O2S. The van der Waals surface area contributed by atoms with Crippen molar-refractivity contribution in [3.05, 3.63) is 29.3 Å². The Bertz CT molecular complexity index is 562. The van der Waals surface area contributed by atoms with Gasteiger partial charge in [0.25, 0.3) is 5.91 Å². The molecule has 21 heavy (non-hydrogen) atoms. The van der Waals surface area contributed by atoms with Gasteiger partial charge in [0.05, 0.1) is 10.2 Å². The number of aliphatic hydroxyl groups excluding tert-OH is 1. The highest BCUT2D eigenvalue weighted by atomic mass is 32.1. The Morgan fingerprint density at radius 1 is 1.38 bits per heavy atom. The van der Waals surface area contributed by atoms with Gasteiger partial charge < -0.3 is 10.4 Å². The van der Waals surface area contributed by atoms with Crippen molar-refractivity contribution in [3.8, 4) is 0 Å². The summed E-state index contributed by atoms with van der Waals surface area (Å²) in [6, 6.07) is 7.75. The Hall–Kier alpha value is -1.46. The van der Waals surface area contributed by atoms with E-state index in [-0.39, 0.29) is 12.5 Å². The average Bonchev–Trinajstić information content (AvgIpc) is 2.88. The summed E-state index contributed by atoms with van der Waals surface area (Å²) >= 11 is 1.41. The van der Waals surface area contributed by atoms with Crippen LogP contribution in [0.1, 0.15) is 36.5 Å². The fourth-order valence-corrected chi connectivity index (χ4v) is 3.32. The molecular weight excluding hydrogens is 284 g/mol. The number of nitrogens with one attached hydrogen (secondary N) is 1. The number of nitrogens with zero attached hydrogens (tertiary/aromatic N) is 1. The Morgan fingerprint density at radius 3 is 2.81 bits per heavy atom. The van der Waals surface area contributed by atoms with Gasteiger partial charge in [0.15, 0.2) is 5.01 Å². The van der Waals surface area contributed by atoms with Crippen molar-refractivity contribution in [2.75, 3.05) is 13.2 Å². The smallest absolute Gasteiger partial charge is 0.280 e. The number of aromatic nitrogens is 1. The van der Waals surface area contributed by atoms with Gasteiger partial charge >= 0.3 is 0 Å². The summed E-state index contributed by atoms with van der Waals surface area (Å²) < 4.78 is 1.02. The van der Waals surface area contributed by atoms with Crippen LogP contribution < -0.4 is 5.32 Å². The molecule has 0 aliphatic rings. The van der Waals surface area contributed by atoms with E-state index in [0.29, 0.717) is 23.4 Å². The summed E-state index contributed by atoms with van der Waals surface area (Å²) in [5, 5.41) is 12.6. The van der Waals surface area contributed by atoms with Crippen LogP contribution in [0.5, 0.6) is 0 Å². The minimum Gasteiger partial charge on any atom is -0.396 e. The predicted molar refractivity (Wildman–Crippen MR) is 86.6 cm³/mol. The quantitative estimate of drug-likeness (QED) is 0.826. The molecule has 0 radical (unpaired) electrons. The Labute approximate surface area is 129 Å². The number of aliphatic hydroxyl groups is 1. The summed E-state index contributed by atoms with van der Waals surface area (Å²) in [7, 11) is 0. The first-order valence-electron chi connectivity index (χ1n) is 7.34. The molecule has 0 bridgehead atoms. The van der Waals surface area contributed by atoms with Crippen LogP contribution in [-0.2, 0) is 0 Å². The van der Waals surface area contributed by atoms with Crippen molar-refractivity contribution in [2.24, 2.45) is 11.8 Å². The Morgan fingerprint density at radius 2 is 2.14 bits per heavy atom. The largest absolute Gasteiger partial charge is 0.396 e. The predicted octanol–water partition coefficient (Wildman–Crippen LogP) is 3.07. The van der Waals surface area contributed by atoms with Crippen LogP contribution in [0.2, 0.25) is 0 Å². The first-order chi connectivity index (χ1) is 10.1. The van der Waals surface area contributed by atoms with Gasteiger partial charge in [-0.25, -0.2) is 4.98 Å². The van der Waals surface area contributed by atoms with E-state index in [4.69, 9.17) is 5.11 Å². The van der Waals surface area contributed by atoms with Crippen molar-refractivity contribution in [3.63, 3.8) is 0 Å². The van der Waals surface area contributed by atoms with E-state index in [1.807, 2.05) is 24.3 Å². The van der Waals surface area contributed by atoms with Crippen LogP contribution in [0, 0.1) is 11.8 Å². The lowest BCUT2D eigenvalue weighted by Crippen LogP contribution is -2.30. The highest BCUT2D eigenvalue weighted by Crippen LogP contribution is 2.21. The molecule has 2 aromatic rings. The third-order valence-corrected chi connectivity index (χ3v) is 4.42. The molecule has 2 rings (SSSR count). The van der Waals surface area contributed by atoms with Crippen LogP contribution >= 0.6 is 11.3 Å². The summed E-state index contributed by atoms with van der Waals surface area (Å²) in [5.74, 6) is 0.747. The lowest BCUT2D eigenvalue weighted by Gasteiger charge is -2.18. The second kappa shape index (κ2) is 7.52. The fraction of sp³-hybridized carbons (Fsp3) is 0.500. The van der Waals surface area contributed by atoms with Crippen molar-refractivity contribution < 1.29 is 9.90 Å². The van der Waals surface area contributed by atoms with E-state index in [1.54, 1.807) is 0 Å². The molecule has 0 spiro atoms. The maximum absolute atomic E-state index is 12.2. The van der Waals surface area contributed by atoms with Gasteiger partial charge in [-0.15, -0.1) is 11.3 Å². The standard InChI is InChI=1S/C16H22N2O2S/c1-11(2)9-12(7-8-19)10-17-15(20)16-18-13-5-3-4-6-14(13)21-16/h3-6,11-12,19H,7-10H2,1-2H3,(H,17,20). The normalized spacial score (nSPS) is 12.8. The molecule has 4 nitrogen and oxygen atoms in total. The molecule has 0 saturated carbocycles. The third kappa shape index (κ3) is 4.51. The van der Waals surface area contributed by atoms with Crippen molar-refractivity contribution in [2.45, 2.75) is 26.7 Å². The van der Waals surface area contributed by atoms with Crippen LogP contribution in [0.3, 0.4) is 0 Å². The number of benzene rings is 1. The Kier molecular flexibility index (Phi) is 5.70. The number of para-hydroxylation sites is 1. The van der Waals surface area contributed by atoms with E-state index >= 15 is 0 Å². The molecule has 1 heterocycles. The van der Waals surface area contributed by atoms with Gasteiger partial charge in [-0.1, -0.05) is 26.0 Å². The SMILES string of the molecule is CC(C)CC(CCO)CNC(=O)c1nc2ccccc2s1. The lowest BCUT2D eigenvalue weighted by atomic mass is 9.94. The number of rotatable bonds is 7. The first kappa shape index (κ1) is 15.9. The van der Waals surface area contributed by atoms with Crippen molar-refractivity contribution in [1.82, 2.24) is 10.3 Å². The van der Waals surface area contributed by atoms with Gasteiger partial charge in [0.2, 0.25) is 0 Å². The van der Waals surface area contributed by atoms with E-state index in [0.717, 1.165) is 23.1 Å². The number of hydrogen-bond donors (Lipinski definition) is 2. The molecule has 5 heteroatoms. The monoisotopic (exact) mass is 306 g/mol. The molecule has 1 amide bonds. The highest BCUT2D eigenvalue weighted by Gasteiger charge is 2.15. The van der Waals surface area contributed by atoms with E-state index < -0.39 is 0 Å². The minimum absolute atomic E-state index is 0.122. The molecule has 1 atom stereocenters. The second-order valence-electron chi connectivity index (χ2n) is 5.70.